The summed E-state index contributed by atoms with van der Waals surface area (Å²) in [4.78, 5) is 73.5. The average molecular weight is 1660 g/mol. The molecule has 674 valence electrons. The molecule has 16 aliphatic heterocycles. The second-order valence-corrected chi connectivity index (χ2v) is 40.2. The van der Waals surface area contributed by atoms with Crippen molar-refractivity contribution in [2.24, 2.45) is 5.41 Å². The first-order valence-corrected chi connectivity index (χ1v) is 48.4. The molecular weight excluding hydrogens is 1490 g/mol. The van der Waals surface area contributed by atoms with Gasteiger partial charge in [-0.2, -0.15) is 11.8 Å². The number of morpholine rings is 1. The van der Waals surface area contributed by atoms with Gasteiger partial charge in [-0.05, 0) is 347 Å². The maximum atomic E-state index is 13.2. The number of esters is 1. The minimum Gasteiger partial charge on any atom is -0.468 e. The lowest BCUT2D eigenvalue weighted by molar-refractivity contribution is -0.150. The number of methoxy groups -OCH3 is 1. The predicted molar refractivity (Wildman–Crippen MR) is 469 cm³/mol. The van der Waals surface area contributed by atoms with Crippen molar-refractivity contribution in [3.63, 3.8) is 0 Å². The minimum absolute atomic E-state index is 0.0125. The van der Waals surface area contributed by atoms with Crippen molar-refractivity contribution < 1.29 is 41.4 Å². The second-order valence-electron chi connectivity index (χ2n) is 39.0. The highest BCUT2D eigenvalue weighted by molar-refractivity contribution is 7.99. The van der Waals surface area contributed by atoms with E-state index in [-0.39, 0.29) is 37.8 Å². The summed E-state index contributed by atoms with van der Waals surface area (Å²) in [5.41, 5.74) is 0.317. The number of nitrogens with zero attached hydrogens (tertiary/aromatic N) is 16. The van der Waals surface area contributed by atoms with E-state index >= 15 is 0 Å². The van der Waals surface area contributed by atoms with Crippen LogP contribution in [-0.4, -0.2) is 440 Å². The van der Waals surface area contributed by atoms with E-state index < -0.39 is 11.8 Å². The van der Waals surface area contributed by atoms with Gasteiger partial charge in [0, 0.05) is 144 Å². The summed E-state index contributed by atoms with van der Waals surface area (Å²) in [5.74, 6) is -1.40. The fourth-order valence-corrected chi connectivity index (χ4v) is 21.9. The molecule has 116 heavy (non-hydrogen) atoms. The van der Waals surface area contributed by atoms with E-state index in [0.29, 0.717) is 66.9 Å². The standard InChI is InChI=1S/C13H24N2O2.C13H24N2O.2C11H20F2N2.C11H20N2O.C11H22N2.C10H20N2O.C10H20N2S/c1-14-9-6-11(7-10-14)15-8-4-3-5-12(15)13(16)17-2;1-13(2)7-4-12(16)15(10-13)11-5-8-14(3)9-6-11;1-14-6-2-10(3-7-14)15-8-4-11(12,13)5-9-15;1-14-7-3-10(4-8-14)15-6-2-5-11(12,13)9-15;1-12-8-5-10(6-9-12)13-7-3-2-4-11(13)14;1-12-9-5-11(6-10-12)13-7-3-2-4-8-13;2*1-11-4-2-10(3-5-11)12-6-8-13-9-7-12/h11-12H,3-10H2,1-2H3;11H,4-10H2,1-3H3;2*10H,2-9H2,1H3;10H,2-9H2,1H3;11H,2-10H2,1H3;2*10H,2-9H2,1H3/t12-;;;;;;;/m1......./s1. The summed E-state index contributed by atoms with van der Waals surface area (Å²) in [6.07, 6.45) is 33.1. The van der Waals surface area contributed by atoms with E-state index in [1.807, 2.05) is 4.90 Å². The van der Waals surface area contributed by atoms with Crippen molar-refractivity contribution in [3.05, 3.63) is 0 Å². The normalized spacial score (nSPS) is 29.2. The van der Waals surface area contributed by atoms with Gasteiger partial charge in [0.1, 0.15) is 6.04 Å². The Morgan fingerprint density at radius 1 is 0.336 bits per heavy atom. The second kappa shape index (κ2) is 50.7. The van der Waals surface area contributed by atoms with Crippen LogP contribution < -0.4 is 0 Å². The van der Waals surface area contributed by atoms with Crippen molar-refractivity contribution in [2.75, 3.05) is 278 Å². The number of halogens is 4. The smallest absolute Gasteiger partial charge is 0.323 e. The van der Waals surface area contributed by atoms with Crippen LogP contribution in [0.5, 0.6) is 0 Å². The topological polar surface area (TPSA) is 122 Å². The van der Waals surface area contributed by atoms with Crippen LogP contribution in [0.4, 0.5) is 17.6 Å². The maximum absolute atomic E-state index is 13.2. The largest absolute Gasteiger partial charge is 0.468 e. The summed E-state index contributed by atoms with van der Waals surface area (Å²) in [5, 5.41) is 0. The van der Waals surface area contributed by atoms with E-state index in [4.69, 9.17) is 9.47 Å². The Balaban J connectivity index is 0.000000152. The van der Waals surface area contributed by atoms with Gasteiger partial charge in [0.15, 0.2) is 0 Å². The molecule has 0 saturated carbocycles. The summed E-state index contributed by atoms with van der Waals surface area (Å²) in [6, 6.07) is 5.23. The number of hydrogen-bond donors (Lipinski definition) is 0. The summed E-state index contributed by atoms with van der Waals surface area (Å²) < 4.78 is 62.7. The number of likely N-dealkylation sites (tertiary alicyclic amines) is 14. The number of rotatable bonds is 9. The van der Waals surface area contributed by atoms with E-state index in [9.17, 15) is 31.9 Å². The van der Waals surface area contributed by atoms with Crippen LogP contribution in [0.3, 0.4) is 0 Å². The van der Waals surface area contributed by atoms with Gasteiger partial charge in [-0.1, -0.05) is 26.7 Å². The zero-order valence-electron chi connectivity index (χ0n) is 75.6. The Hall–Kier alpha value is -2.12. The molecule has 0 spiro atoms. The van der Waals surface area contributed by atoms with Crippen LogP contribution in [0, 0.1) is 5.41 Å². The number of carbonyl (C=O) groups excluding carboxylic acids is 3. The van der Waals surface area contributed by atoms with E-state index in [0.717, 1.165) is 213 Å². The molecule has 26 heteroatoms. The van der Waals surface area contributed by atoms with Crippen molar-refractivity contribution in [1.29, 1.82) is 0 Å². The molecule has 0 radical (unpaired) electrons. The number of piperidine rings is 14. The molecular formula is C90H170F4N16O5S. The zero-order valence-corrected chi connectivity index (χ0v) is 76.4. The van der Waals surface area contributed by atoms with E-state index in [1.165, 1.54) is 180 Å². The van der Waals surface area contributed by atoms with Crippen LogP contribution in [-0.2, 0) is 23.9 Å². The van der Waals surface area contributed by atoms with Gasteiger partial charge >= 0.3 is 5.97 Å². The molecule has 0 bridgehead atoms. The first kappa shape index (κ1) is 97.7. The Morgan fingerprint density at radius 3 is 1.11 bits per heavy atom. The molecule has 16 saturated heterocycles. The predicted octanol–water partition coefficient (Wildman–Crippen LogP) is 10.7. The maximum Gasteiger partial charge on any atom is 0.323 e. The van der Waals surface area contributed by atoms with E-state index in [1.54, 1.807) is 0 Å². The lowest BCUT2D eigenvalue weighted by Gasteiger charge is -2.44. The number of hydrogen-bond acceptors (Lipinski definition) is 20. The van der Waals surface area contributed by atoms with Crippen molar-refractivity contribution in [3.8, 4) is 0 Å². The third kappa shape index (κ3) is 34.1. The van der Waals surface area contributed by atoms with Gasteiger partial charge in [-0.15, -0.1) is 0 Å². The quantitative estimate of drug-likeness (QED) is 0.161. The Bertz CT molecular complexity index is 2590. The van der Waals surface area contributed by atoms with Crippen LogP contribution in [0.15, 0.2) is 0 Å². The molecule has 0 unspecified atom stereocenters. The van der Waals surface area contributed by atoms with Crippen molar-refractivity contribution in [1.82, 2.24) is 78.4 Å². The first-order chi connectivity index (χ1) is 55.7. The molecule has 16 fully saturated rings. The molecule has 0 aliphatic carbocycles. The summed E-state index contributed by atoms with van der Waals surface area (Å²) in [6.45, 7) is 38.1. The van der Waals surface area contributed by atoms with Crippen LogP contribution in [0.1, 0.15) is 213 Å². The van der Waals surface area contributed by atoms with Crippen molar-refractivity contribution in [2.45, 2.75) is 279 Å². The molecule has 16 aliphatic rings. The highest BCUT2D eigenvalue weighted by Crippen LogP contribution is 2.35. The Morgan fingerprint density at radius 2 is 0.690 bits per heavy atom. The highest BCUT2D eigenvalue weighted by atomic mass is 32.2. The fraction of sp³-hybridized carbons (Fsp3) is 0.967. The SMILES string of the molecule is CN1CCC(N2CC(C)(C)CCC2=O)CC1.CN1CCC(N2CCC(F)(F)CC2)CC1.CN1CCC(N2CCCC(F)(F)C2)CC1.CN1CCC(N2CCCCC2)CC1.CN1CCC(N2CCCCC2=O)CC1.CN1CCC(N2CCOCC2)CC1.CN1CCC(N2CCSCC2)CC1.COC(=O)[C@H]1CCCCN1C1CCN(C)CC1. The number of amides is 2. The Labute approximate surface area is 708 Å². The molecule has 0 aromatic carbocycles. The lowest BCUT2D eigenvalue weighted by Crippen LogP contribution is -2.53. The van der Waals surface area contributed by atoms with Gasteiger partial charge in [0.2, 0.25) is 11.8 Å². The molecule has 0 N–H and O–H groups in total. The molecule has 0 aromatic heterocycles. The average Bonchev–Trinajstić information content (AvgIpc) is 0.810. The van der Waals surface area contributed by atoms with Gasteiger partial charge in [-0.25, -0.2) is 17.6 Å². The molecule has 0 aromatic rings. The Kier molecular flexibility index (Phi) is 42.7. The molecule has 21 nitrogen and oxygen atoms in total. The third-order valence-corrected chi connectivity index (χ3v) is 30.1. The third-order valence-electron chi connectivity index (χ3n) is 29.2. The van der Waals surface area contributed by atoms with Crippen molar-refractivity contribution >= 4 is 29.5 Å². The van der Waals surface area contributed by atoms with Gasteiger partial charge < -0.3 is 63.4 Å². The summed E-state index contributed by atoms with van der Waals surface area (Å²) >= 11 is 2.11. The zero-order chi connectivity index (χ0) is 83.0. The van der Waals surface area contributed by atoms with E-state index in [2.05, 4.69) is 155 Å². The summed E-state index contributed by atoms with van der Waals surface area (Å²) in [7, 11) is 18.9. The van der Waals surface area contributed by atoms with Gasteiger partial charge in [0.25, 0.3) is 11.8 Å². The number of ether oxygens (including phenoxy) is 2. The highest BCUT2D eigenvalue weighted by Gasteiger charge is 2.42. The van der Waals surface area contributed by atoms with Gasteiger partial charge in [-0.3, -0.25) is 38.9 Å². The molecule has 2 amide bonds. The molecule has 1 atom stereocenters. The lowest BCUT2D eigenvalue weighted by atomic mass is 9.82. The van der Waals surface area contributed by atoms with Crippen LogP contribution in [0.2, 0.25) is 0 Å². The molecule has 16 rings (SSSR count). The number of carbonyl (C=O) groups is 3. The minimum atomic E-state index is -2.44. The van der Waals surface area contributed by atoms with Gasteiger partial charge in [0.05, 0.1) is 26.9 Å². The first-order valence-electron chi connectivity index (χ1n) is 47.2. The monoisotopic (exact) mass is 1660 g/mol. The number of thioether (sulfide) groups is 1. The molecule has 16 heterocycles. The fourth-order valence-electron chi connectivity index (χ4n) is 21.0. The van der Waals surface area contributed by atoms with Crippen LogP contribution >= 0.6 is 11.8 Å². The number of alkyl halides is 4. The van der Waals surface area contributed by atoms with Crippen LogP contribution in [0.25, 0.3) is 0 Å².